The van der Waals surface area contributed by atoms with Crippen LogP contribution in [-0.2, 0) is 9.53 Å². The maximum absolute atomic E-state index is 12.2. The lowest BCUT2D eigenvalue weighted by Gasteiger charge is -2.32. The Balaban J connectivity index is 1.89. The Morgan fingerprint density at radius 1 is 1.26 bits per heavy atom. The first kappa shape index (κ1) is 17.6. The molecule has 1 amide bonds. The van der Waals surface area contributed by atoms with Crippen LogP contribution >= 0.6 is 0 Å². The zero-order valence-electron chi connectivity index (χ0n) is 14.3. The molecule has 1 saturated heterocycles. The van der Waals surface area contributed by atoms with Crippen LogP contribution in [0.15, 0.2) is 18.2 Å². The quantitative estimate of drug-likeness (QED) is 0.810. The van der Waals surface area contributed by atoms with Crippen molar-refractivity contribution in [2.45, 2.75) is 32.5 Å². The van der Waals surface area contributed by atoms with Gasteiger partial charge in [0.25, 0.3) is 0 Å². The summed E-state index contributed by atoms with van der Waals surface area (Å²) in [5.41, 5.74) is 0.635. The minimum Gasteiger partial charge on any atom is -0.497 e. The average Bonchev–Trinajstić information content (AvgIpc) is 2.52. The molecule has 1 aliphatic rings. The third-order valence-corrected chi connectivity index (χ3v) is 4.00. The number of nitrogens with one attached hydrogen (secondary N) is 2. The second-order valence-corrected chi connectivity index (χ2v) is 6.03. The van der Waals surface area contributed by atoms with Crippen molar-refractivity contribution in [1.29, 1.82) is 0 Å². The van der Waals surface area contributed by atoms with E-state index in [4.69, 9.17) is 14.2 Å². The highest BCUT2D eigenvalue weighted by Gasteiger charge is 2.25. The summed E-state index contributed by atoms with van der Waals surface area (Å²) in [6.45, 7) is 6.85. The van der Waals surface area contributed by atoms with Crippen LogP contribution in [0.4, 0.5) is 5.69 Å². The number of hydrogen-bond acceptors (Lipinski definition) is 4. The summed E-state index contributed by atoms with van der Waals surface area (Å²) >= 11 is 0. The zero-order chi connectivity index (χ0) is 16.8. The molecule has 1 fully saturated rings. The van der Waals surface area contributed by atoms with Gasteiger partial charge < -0.3 is 24.4 Å². The van der Waals surface area contributed by atoms with Gasteiger partial charge in [0, 0.05) is 6.07 Å². The van der Waals surface area contributed by atoms with E-state index >= 15 is 0 Å². The summed E-state index contributed by atoms with van der Waals surface area (Å²) in [4.78, 5) is 13.6. The van der Waals surface area contributed by atoms with Crippen molar-refractivity contribution in [3.05, 3.63) is 18.2 Å². The van der Waals surface area contributed by atoms with Gasteiger partial charge >= 0.3 is 0 Å². The minimum absolute atomic E-state index is 0.0177. The Bertz CT molecular complexity index is 525. The number of methoxy groups -OCH3 is 2. The third-order valence-electron chi connectivity index (χ3n) is 4.00. The number of carbonyl (C=O) groups excluding carboxylic acids is 1. The van der Waals surface area contributed by atoms with Crippen LogP contribution in [0.3, 0.4) is 0 Å². The van der Waals surface area contributed by atoms with E-state index < -0.39 is 0 Å². The fourth-order valence-corrected chi connectivity index (χ4v) is 3.01. The molecular weight excluding hydrogens is 296 g/mol. The number of amides is 1. The largest absolute Gasteiger partial charge is 0.497 e. The summed E-state index contributed by atoms with van der Waals surface area (Å²) in [5.74, 6) is 1.29. The molecule has 0 radical (unpaired) electrons. The molecule has 6 heteroatoms. The van der Waals surface area contributed by atoms with Gasteiger partial charge in [-0.25, -0.2) is 0 Å². The van der Waals surface area contributed by atoms with Gasteiger partial charge in [-0.2, -0.15) is 0 Å². The second-order valence-electron chi connectivity index (χ2n) is 6.03. The van der Waals surface area contributed by atoms with Gasteiger partial charge in [0.2, 0.25) is 5.91 Å². The number of rotatable bonds is 6. The monoisotopic (exact) mass is 323 g/mol. The molecule has 6 nitrogen and oxygen atoms in total. The summed E-state index contributed by atoms with van der Waals surface area (Å²) in [5, 5.41) is 2.91. The van der Waals surface area contributed by atoms with Crippen LogP contribution in [0.5, 0.6) is 11.5 Å². The Morgan fingerprint density at radius 3 is 2.57 bits per heavy atom. The second kappa shape index (κ2) is 8.17. The number of benzene rings is 1. The molecule has 23 heavy (non-hydrogen) atoms. The Labute approximate surface area is 137 Å². The molecule has 1 heterocycles. The van der Waals surface area contributed by atoms with Crippen molar-refractivity contribution >= 4 is 11.6 Å². The molecule has 1 aromatic carbocycles. The lowest BCUT2D eigenvalue weighted by molar-refractivity contribution is -0.914. The first-order chi connectivity index (χ1) is 11.0. The predicted molar refractivity (Wildman–Crippen MR) is 88.4 cm³/mol. The number of morpholine rings is 1. The molecule has 0 aromatic heterocycles. The van der Waals surface area contributed by atoms with Crippen molar-refractivity contribution < 1.29 is 23.9 Å². The van der Waals surface area contributed by atoms with E-state index in [-0.39, 0.29) is 18.1 Å². The number of carbonyl (C=O) groups is 1. The summed E-state index contributed by atoms with van der Waals surface area (Å²) < 4.78 is 16.2. The van der Waals surface area contributed by atoms with Gasteiger partial charge in [-0.3, -0.25) is 4.79 Å². The van der Waals surface area contributed by atoms with Gasteiger partial charge in [-0.05, 0) is 26.0 Å². The summed E-state index contributed by atoms with van der Waals surface area (Å²) in [6, 6.07) is 5.35. The van der Waals surface area contributed by atoms with Gasteiger partial charge in [0.15, 0.2) is 0 Å². The molecule has 0 aliphatic carbocycles. The van der Waals surface area contributed by atoms with Gasteiger partial charge in [0.05, 0.1) is 32.9 Å². The van der Waals surface area contributed by atoms with Crippen LogP contribution in [0.25, 0.3) is 0 Å². The summed E-state index contributed by atoms with van der Waals surface area (Å²) in [6.07, 6.45) is 0.959. The van der Waals surface area contributed by atoms with Crippen molar-refractivity contribution in [2.75, 3.05) is 39.2 Å². The van der Waals surface area contributed by atoms with Crippen LogP contribution < -0.4 is 19.7 Å². The number of anilines is 1. The van der Waals surface area contributed by atoms with Crippen LogP contribution in [-0.4, -0.2) is 52.0 Å². The van der Waals surface area contributed by atoms with E-state index in [1.807, 2.05) is 0 Å². The fourth-order valence-electron chi connectivity index (χ4n) is 3.01. The smallest absolute Gasteiger partial charge is 0.230 e. The standard InChI is InChI=1S/C17H26N2O4/c1-12-10-19(11-13(2)23-12)8-7-17(20)18-15-9-14(21-3)5-6-16(15)22-4/h5-6,9,12-13H,7-8,10-11H2,1-4H3,(H,18,20)/p+1/t12-,13+. The number of hydrogen-bond donors (Lipinski definition) is 2. The molecular formula is C17H27N2O4+. The first-order valence-corrected chi connectivity index (χ1v) is 8.02. The molecule has 2 rings (SSSR count). The predicted octanol–water partition coefficient (Wildman–Crippen LogP) is 0.725. The molecule has 1 aromatic rings. The van der Waals surface area contributed by atoms with Gasteiger partial charge in [0.1, 0.15) is 36.8 Å². The maximum atomic E-state index is 12.2. The Hall–Kier alpha value is -1.79. The van der Waals surface area contributed by atoms with Crippen molar-refractivity contribution in [3.8, 4) is 11.5 Å². The van der Waals surface area contributed by atoms with Crippen molar-refractivity contribution in [2.24, 2.45) is 0 Å². The first-order valence-electron chi connectivity index (χ1n) is 8.02. The lowest BCUT2D eigenvalue weighted by Crippen LogP contribution is -3.15. The van der Waals surface area contributed by atoms with Crippen LogP contribution in [0.2, 0.25) is 0 Å². The van der Waals surface area contributed by atoms with E-state index in [0.717, 1.165) is 19.6 Å². The molecule has 1 unspecified atom stereocenters. The van der Waals surface area contributed by atoms with Crippen molar-refractivity contribution in [1.82, 2.24) is 0 Å². The highest BCUT2D eigenvalue weighted by atomic mass is 16.5. The molecule has 2 N–H and O–H groups in total. The zero-order valence-corrected chi connectivity index (χ0v) is 14.3. The van der Waals surface area contributed by atoms with E-state index in [0.29, 0.717) is 23.6 Å². The maximum Gasteiger partial charge on any atom is 0.230 e. The normalized spacial score (nSPS) is 24.1. The van der Waals surface area contributed by atoms with Crippen LogP contribution in [0.1, 0.15) is 20.3 Å². The van der Waals surface area contributed by atoms with Gasteiger partial charge in [-0.1, -0.05) is 0 Å². The van der Waals surface area contributed by atoms with Crippen LogP contribution in [0, 0.1) is 0 Å². The lowest BCUT2D eigenvalue weighted by atomic mass is 10.2. The average molecular weight is 323 g/mol. The summed E-state index contributed by atoms with van der Waals surface area (Å²) in [7, 11) is 3.18. The van der Waals surface area contributed by atoms with Gasteiger partial charge in [-0.15, -0.1) is 0 Å². The molecule has 0 spiro atoms. The fraction of sp³-hybridized carbons (Fsp3) is 0.588. The van der Waals surface area contributed by atoms with E-state index in [2.05, 4.69) is 19.2 Å². The van der Waals surface area contributed by atoms with E-state index in [9.17, 15) is 4.79 Å². The number of ether oxygens (including phenoxy) is 3. The van der Waals surface area contributed by atoms with Crippen molar-refractivity contribution in [3.63, 3.8) is 0 Å². The molecule has 0 saturated carbocycles. The van der Waals surface area contributed by atoms with E-state index in [1.54, 1.807) is 32.4 Å². The topological polar surface area (TPSA) is 61.2 Å². The Kier molecular flexibility index (Phi) is 6.24. The number of quaternary nitrogens is 1. The van der Waals surface area contributed by atoms with E-state index in [1.165, 1.54) is 4.90 Å². The molecule has 0 bridgehead atoms. The molecule has 128 valence electrons. The minimum atomic E-state index is -0.0177. The third kappa shape index (κ3) is 5.11. The highest BCUT2D eigenvalue weighted by Crippen LogP contribution is 2.28. The molecule has 1 aliphatic heterocycles. The molecule has 3 atom stereocenters. The highest BCUT2D eigenvalue weighted by molar-refractivity contribution is 5.92. The Morgan fingerprint density at radius 2 is 1.96 bits per heavy atom. The SMILES string of the molecule is COc1ccc(OC)c(NC(=O)CC[NH+]2C[C@@H](C)O[C@@H](C)C2)c1.